The molecule has 2 fully saturated rings. The number of hydrogen-bond donors (Lipinski definition) is 0. The number of pyridine rings is 2. The number of rotatable bonds is 4. The number of hydrogen-bond acceptors (Lipinski definition) is 6. The lowest BCUT2D eigenvalue weighted by Crippen LogP contribution is -2.54. The van der Waals surface area contributed by atoms with Crippen LogP contribution in [0.25, 0.3) is 27.8 Å². The van der Waals surface area contributed by atoms with Gasteiger partial charge in [0.25, 0.3) is 0 Å². The van der Waals surface area contributed by atoms with Gasteiger partial charge in [0.2, 0.25) is 0 Å². The zero-order chi connectivity index (χ0) is 26.9. The van der Waals surface area contributed by atoms with E-state index in [1.165, 1.54) is 0 Å². The molecule has 4 aromatic heterocycles. The maximum absolute atomic E-state index is 13.8. The maximum Gasteiger partial charge on any atom is 0.320 e. The zero-order valence-electron chi connectivity index (χ0n) is 22.2. The monoisotopic (exact) mass is 529 g/mol. The predicted octanol–water partition coefficient (Wildman–Crippen LogP) is 3.52. The Bertz CT molecular complexity index is 1500. The van der Waals surface area contributed by atoms with E-state index in [-0.39, 0.29) is 12.6 Å². The van der Waals surface area contributed by atoms with Gasteiger partial charge in [-0.05, 0) is 31.0 Å². The minimum absolute atomic E-state index is 0.0509. The fourth-order valence-electron chi connectivity index (χ4n) is 5.49. The van der Waals surface area contributed by atoms with Gasteiger partial charge in [-0.3, -0.25) is 9.67 Å². The number of halogens is 1. The molecule has 10 nitrogen and oxygen atoms in total. The Hall–Kier alpha value is -4.28. The molecular weight excluding hydrogens is 497 g/mol. The van der Waals surface area contributed by atoms with Crippen molar-refractivity contribution in [1.29, 1.82) is 0 Å². The largest absolute Gasteiger partial charge is 0.353 e. The van der Waals surface area contributed by atoms with Crippen molar-refractivity contribution in [3.8, 4) is 22.3 Å². The van der Waals surface area contributed by atoms with Crippen molar-refractivity contribution in [2.75, 3.05) is 51.2 Å². The standard InChI is InChI=1S/C28H32FN9O/c1-30-13-22-15-33-38-18-21(23-16-32-34(2)17-23)12-25(27(22)38)20-5-6-26(31-14-20)35-8-10-36(11-9-35)28(39)37-7-3-4-24(29)19-37/h5-6,12-18,24H,3-4,7-11,19H2,1-2H3. The molecule has 0 bridgehead atoms. The van der Waals surface area contributed by atoms with E-state index >= 15 is 0 Å². The first-order valence-corrected chi connectivity index (χ1v) is 13.3. The molecular formula is C28H32FN9O. The number of alkyl halides is 1. The summed E-state index contributed by atoms with van der Waals surface area (Å²) in [6, 6.07) is 6.20. The Balaban J connectivity index is 1.23. The minimum Gasteiger partial charge on any atom is -0.353 e. The van der Waals surface area contributed by atoms with Crippen LogP contribution >= 0.6 is 0 Å². The molecule has 1 unspecified atom stereocenters. The third-order valence-corrected chi connectivity index (χ3v) is 7.51. The van der Waals surface area contributed by atoms with E-state index in [1.807, 2.05) is 59.7 Å². The number of aromatic nitrogens is 5. The molecule has 2 amide bonds. The lowest BCUT2D eigenvalue weighted by atomic mass is 10.0. The van der Waals surface area contributed by atoms with Gasteiger partial charge in [-0.1, -0.05) is 0 Å². The van der Waals surface area contributed by atoms with Crippen LogP contribution < -0.4 is 4.90 Å². The van der Waals surface area contributed by atoms with Crippen LogP contribution in [0.5, 0.6) is 0 Å². The van der Waals surface area contributed by atoms with E-state index in [2.05, 4.69) is 32.2 Å². The van der Waals surface area contributed by atoms with Gasteiger partial charge in [-0.2, -0.15) is 10.2 Å². The topological polar surface area (TPSA) is 87.2 Å². The minimum atomic E-state index is -0.911. The van der Waals surface area contributed by atoms with Crippen LogP contribution in [0.1, 0.15) is 18.4 Å². The maximum atomic E-state index is 13.8. The van der Waals surface area contributed by atoms with E-state index in [0.717, 1.165) is 45.6 Å². The fraction of sp³-hybridized carbons (Fsp3) is 0.393. The summed E-state index contributed by atoms with van der Waals surface area (Å²) in [5.74, 6) is 0.871. The van der Waals surface area contributed by atoms with Crippen LogP contribution in [0.15, 0.2) is 54.2 Å². The first-order valence-electron chi connectivity index (χ1n) is 13.3. The first kappa shape index (κ1) is 25.0. The van der Waals surface area contributed by atoms with Crippen molar-refractivity contribution in [2.24, 2.45) is 12.0 Å². The van der Waals surface area contributed by atoms with Crippen molar-refractivity contribution in [3.05, 3.63) is 54.7 Å². The molecule has 0 aromatic carbocycles. The van der Waals surface area contributed by atoms with Crippen LogP contribution in [0, 0.1) is 0 Å². The number of piperidine rings is 1. The second kappa shape index (κ2) is 10.5. The van der Waals surface area contributed by atoms with Crippen LogP contribution in [-0.2, 0) is 7.05 Å². The van der Waals surface area contributed by atoms with Crippen molar-refractivity contribution in [2.45, 2.75) is 19.0 Å². The summed E-state index contributed by atoms with van der Waals surface area (Å²) < 4.78 is 17.5. The SMILES string of the molecule is CN=Cc1cnn2cc(-c3cnn(C)c3)cc(-c3ccc(N4CCN(C(=O)N5CCCC(F)C5)CC4)nc3)c12. The van der Waals surface area contributed by atoms with Gasteiger partial charge >= 0.3 is 6.03 Å². The highest BCUT2D eigenvalue weighted by molar-refractivity contribution is 5.97. The van der Waals surface area contributed by atoms with E-state index in [9.17, 15) is 9.18 Å². The summed E-state index contributed by atoms with van der Waals surface area (Å²) in [6.07, 6.45) is 11.7. The summed E-state index contributed by atoms with van der Waals surface area (Å²) in [5, 5.41) is 8.90. The lowest BCUT2D eigenvalue weighted by molar-refractivity contribution is 0.113. The van der Waals surface area contributed by atoms with E-state index < -0.39 is 6.17 Å². The van der Waals surface area contributed by atoms with Gasteiger partial charge in [0, 0.05) is 99.4 Å². The summed E-state index contributed by atoms with van der Waals surface area (Å²) in [4.78, 5) is 27.6. The predicted molar refractivity (Wildman–Crippen MR) is 149 cm³/mol. The average Bonchev–Trinajstić information content (AvgIpc) is 3.59. The number of amides is 2. The smallest absolute Gasteiger partial charge is 0.320 e. The van der Waals surface area contributed by atoms with Crippen LogP contribution in [-0.4, -0.2) is 98.9 Å². The third kappa shape index (κ3) is 4.96. The Kier molecular flexibility index (Phi) is 6.72. The normalized spacial score (nSPS) is 18.4. The molecule has 6 rings (SSSR count). The summed E-state index contributed by atoms with van der Waals surface area (Å²) in [6.45, 7) is 3.41. The number of likely N-dealkylation sites (tertiary alicyclic amines) is 1. The van der Waals surface area contributed by atoms with Crippen molar-refractivity contribution < 1.29 is 9.18 Å². The van der Waals surface area contributed by atoms with Gasteiger partial charge in [0.15, 0.2) is 0 Å². The lowest BCUT2D eigenvalue weighted by Gasteiger charge is -2.39. The molecule has 2 aliphatic heterocycles. The summed E-state index contributed by atoms with van der Waals surface area (Å²) in [7, 11) is 3.65. The highest BCUT2D eigenvalue weighted by atomic mass is 19.1. The number of nitrogens with zero attached hydrogens (tertiary/aromatic N) is 9. The molecule has 202 valence electrons. The van der Waals surface area contributed by atoms with Gasteiger partial charge < -0.3 is 14.7 Å². The second-order valence-corrected chi connectivity index (χ2v) is 10.2. The molecule has 11 heteroatoms. The molecule has 39 heavy (non-hydrogen) atoms. The highest BCUT2D eigenvalue weighted by Gasteiger charge is 2.29. The van der Waals surface area contributed by atoms with Crippen LogP contribution in [0.3, 0.4) is 0 Å². The highest BCUT2D eigenvalue weighted by Crippen LogP contribution is 2.32. The molecule has 0 aliphatic carbocycles. The number of piperazine rings is 1. The number of fused-ring (bicyclic) bond motifs is 1. The molecule has 0 radical (unpaired) electrons. The van der Waals surface area contributed by atoms with Gasteiger partial charge in [-0.25, -0.2) is 18.7 Å². The number of aliphatic imine (C=N–C) groups is 1. The molecule has 1 atom stereocenters. The first-order chi connectivity index (χ1) is 19.0. The van der Waals surface area contributed by atoms with Gasteiger partial charge in [0.1, 0.15) is 12.0 Å². The molecule has 0 saturated carbocycles. The molecule has 2 saturated heterocycles. The number of carbonyl (C=O) groups is 1. The molecule has 6 heterocycles. The quantitative estimate of drug-likeness (QED) is 0.378. The van der Waals surface area contributed by atoms with E-state index in [1.54, 1.807) is 16.6 Å². The number of urea groups is 1. The van der Waals surface area contributed by atoms with Gasteiger partial charge in [-0.15, -0.1) is 0 Å². The number of carbonyl (C=O) groups excluding carboxylic acids is 1. The van der Waals surface area contributed by atoms with E-state index in [0.29, 0.717) is 39.1 Å². The molecule has 0 N–H and O–H groups in total. The Morgan fingerprint density at radius 1 is 1.00 bits per heavy atom. The molecule has 2 aliphatic rings. The summed E-state index contributed by atoms with van der Waals surface area (Å²) in [5.41, 5.74) is 5.88. The van der Waals surface area contributed by atoms with Crippen LogP contribution in [0.2, 0.25) is 0 Å². The van der Waals surface area contributed by atoms with Crippen molar-refractivity contribution in [1.82, 2.24) is 34.2 Å². The molecule has 4 aromatic rings. The Morgan fingerprint density at radius 2 is 1.85 bits per heavy atom. The van der Waals surface area contributed by atoms with E-state index in [4.69, 9.17) is 4.98 Å². The number of anilines is 1. The zero-order valence-corrected chi connectivity index (χ0v) is 22.2. The second-order valence-electron chi connectivity index (χ2n) is 10.2. The number of aryl methyl sites for hydroxylation is 1. The van der Waals surface area contributed by atoms with Crippen LogP contribution in [0.4, 0.5) is 15.0 Å². The van der Waals surface area contributed by atoms with Crippen molar-refractivity contribution in [3.63, 3.8) is 0 Å². The summed E-state index contributed by atoms with van der Waals surface area (Å²) >= 11 is 0. The Labute approximate surface area is 226 Å². The molecule has 0 spiro atoms. The Morgan fingerprint density at radius 3 is 2.54 bits per heavy atom. The van der Waals surface area contributed by atoms with Gasteiger partial charge in [0.05, 0.1) is 24.5 Å². The third-order valence-electron chi connectivity index (χ3n) is 7.51. The fourth-order valence-corrected chi connectivity index (χ4v) is 5.49. The van der Waals surface area contributed by atoms with Crippen molar-refractivity contribution >= 4 is 23.6 Å². The average molecular weight is 530 g/mol.